The summed E-state index contributed by atoms with van der Waals surface area (Å²) in [6, 6.07) is 17.9. The Morgan fingerprint density at radius 3 is 2.66 bits per heavy atom. The van der Waals surface area contributed by atoms with Crippen LogP contribution in [0.15, 0.2) is 54.7 Å². The lowest BCUT2D eigenvalue weighted by Crippen LogP contribution is -2.16. The molecule has 0 aliphatic carbocycles. The van der Waals surface area contributed by atoms with Gasteiger partial charge in [0.2, 0.25) is 0 Å². The minimum atomic E-state index is -0.439. The summed E-state index contributed by atoms with van der Waals surface area (Å²) in [5.41, 5.74) is 3.76. The van der Waals surface area contributed by atoms with Crippen LogP contribution in [0.4, 0.5) is 0 Å². The molecule has 4 aromatic rings. The van der Waals surface area contributed by atoms with Crippen molar-refractivity contribution in [1.82, 2.24) is 14.1 Å². The molecule has 2 aromatic carbocycles. The Morgan fingerprint density at radius 1 is 1.09 bits per heavy atom. The Balaban J connectivity index is 1.76. The lowest BCUT2D eigenvalue weighted by molar-refractivity contribution is 0.0487. The summed E-state index contributed by atoms with van der Waals surface area (Å²) in [5.74, 6) is 0.344. The first-order valence-electron chi connectivity index (χ1n) is 12.1. The molecule has 2 aromatic heterocycles. The van der Waals surface area contributed by atoms with Gasteiger partial charge in [-0.15, -0.1) is 0 Å². The van der Waals surface area contributed by atoms with Crippen molar-refractivity contribution in [2.45, 2.75) is 52.5 Å². The predicted molar refractivity (Wildman–Crippen MR) is 138 cm³/mol. The van der Waals surface area contributed by atoms with Crippen molar-refractivity contribution >= 4 is 28.5 Å². The van der Waals surface area contributed by atoms with Crippen LogP contribution in [0.25, 0.3) is 16.6 Å². The molecular weight excluding hydrogens is 460 g/mol. The summed E-state index contributed by atoms with van der Waals surface area (Å²) >= 11 is 6.47. The van der Waals surface area contributed by atoms with E-state index in [0.29, 0.717) is 24.4 Å². The fraction of sp³-hybridized carbons (Fsp3) is 0.321. The number of benzene rings is 2. The number of hydrogen-bond donors (Lipinski definition) is 0. The summed E-state index contributed by atoms with van der Waals surface area (Å²) in [6.07, 6.45) is 6.40. The van der Waals surface area contributed by atoms with Crippen molar-refractivity contribution in [1.29, 1.82) is 5.26 Å². The van der Waals surface area contributed by atoms with Gasteiger partial charge >= 0.3 is 5.97 Å². The lowest BCUT2D eigenvalue weighted by Gasteiger charge is -2.14. The number of ether oxygens (including phenoxy) is 1. The van der Waals surface area contributed by atoms with Crippen LogP contribution in [0.2, 0.25) is 5.15 Å². The molecule has 35 heavy (non-hydrogen) atoms. The van der Waals surface area contributed by atoms with Gasteiger partial charge in [-0.2, -0.15) is 5.26 Å². The topological polar surface area (TPSA) is 72.8 Å². The van der Waals surface area contributed by atoms with Gasteiger partial charge in [-0.05, 0) is 42.7 Å². The number of rotatable bonds is 10. The number of para-hydroxylation sites is 1. The molecule has 0 spiro atoms. The fourth-order valence-corrected chi connectivity index (χ4v) is 4.54. The number of aromatic nitrogens is 3. The van der Waals surface area contributed by atoms with Crippen molar-refractivity contribution in [2.75, 3.05) is 6.61 Å². The monoisotopic (exact) mass is 488 g/mol. The number of carbonyl (C=O) groups is 1. The molecule has 0 aliphatic heterocycles. The number of halogens is 1. The smallest absolute Gasteiger partial charge is 0.358 e. The summed E-state index contributed by atoms with van der Waals surface area (Å²) < 4.78 is 9.43. The Hall–Kier alpha value is -3.56. The van der Waals surface area contributed by atoms with Gasteiger partial charge in [-0.25, -0.2) is 9.78 Å². The van der Waals surface area contributed by atoms with E-state index in [0.717, 1.165) is 60.1 Å². The Bertz CT molecular complexity index is 1380. The molecule has 4 rings (SSSR count). The maximum absolute atomic E-state index is 13.0. The normalized spacial score (nSPS) is 11.0. The van der Waals surface area contributed by atoms with Crippen LogP contribution in [-0.4, -0.2) is 26.7 Å². The highest BCUT2D eigenvalue weighted by Gasteiger charge is 2.24. The molecule has 0 saturated carbocycles. The predicted octanol–water partition coefficient (Wildman–Crippen LogP) is 6.70. The molecular formula is C28H29ClN4O2. The highest BCUT2D eigenvalue weighted by molar-refractivity contribution is 6.32. The van der Waals surface area contributed by atoms with Crippen LogP contribution < -0.4 is 0 Å². The van der Waals surface area contributed by atoms with E-state index < -0.39 is 5.97 Å². The number of nitrogens with zero attached hydrogens (tertiary/aromatic N) is 4. The average Bonchev–Trinajstić information content (AvgIpc) is 3.44. The molecule has 0 saturated heterocycles. The first-order chi connectivity index (χ1) is 17.1. The minimum Gasteiger partial charge on any atom is -0.461 e. The number of hydrogen-bond acceptors (Lipinski definition) is 4. The van der Waals surface area contributed by atoms with Gasteiger partial charge in [0.05, 0.1) is 29.9 Å². The summed E-state index contributed by atoms with van der Waals surface area (Å²) in [5, 5.41) is 10.8. The third-order valence-electron chi connectivity index (χ3n) is 6.12. The Morgan fingerprint density at radius 2 is 1.89 bits per heavy atom. The van der Waals surface area contributed by atoms with Gasteiger partial charge in [-0.1, -0.05) is 62.6 Å². The summed E-state index contributed by atoms with van der Waals surface area (Å²) in [4.78, 5) is 17.5. The van der Waals surface area contributed by atoms with Gasteiger partial charge in [0, 0.05) is 18.0 Å². The first kappa shape index (κ1) is 24.6. The number of nitriles is 1. The highest BCUT2D eigenvalue weighted by atomic mass is 35.5. The molecule has 0 aliphatic rings. The zero-order valence-corrected chi connectivity index (χ0v) is 20.9. The number of fused-ring (bicyclic) bond motifs is 1. The Labute approximate surface area is 210 Å². The van der Waals surface area contributed by atoms with E-state index in [1.54, 1.807) is 0 Å². The maximum atomic E-state index is 13.0. The quantitative estimate of drug-likeness (QED) is 0.184. The van der Waals surface area contributed by atoms with Crippen LogP contribution in [0, 0.1) is 11.3 Å². The molecule has 0 N–H and O–H groups in total. The Kier molecular flexibility index (Phi) is 7.89. The van der Waals surface area contributed by atoms with E-state index in [1.165, 1.54) is 0 Å². The van der Waals surface area contributed by atoms with Crippen molar-refractivity contribution in [3.05, 3.63) is 82.5 Å². The molecule has 0 bridgehead atoms. The van der Waals surface area contributed by atoms with Gasteiger partial charge in [-0.3, -0.25) is 0 Å². The van der Waals surface area contributed by atoms with Gasteiger partial charge in [0.25, 0.3) is 0 Å². The molecule has 0 amide bonds. The number of esters is 1. The van der Waals surface area contributed by atoms with Crippen molar-refractivity contribution < 1.29 is 9.53 Å². The molecule has 0 atom stereocenters. The number of carbonyl (C=O) groups excluding carboxylic acids is 1. The highest BCUT2D eigenvalue weighted by Crippen LogP contribution is 2.28. The molecule has 7 heteroatoms. The average molecular weight is 489 g/mol. The minimum absolute atomic E-state index is 0.185. The molecule has 0 radical (unpaired) electrons. The maximum Gasteiger partial charge on any atom is 0.358 e. The van der Waals surface area contributed by atoms with Crippen LogP contribution in [0.3, 0.4) is 0 Å². The SMILES string of the molecule is CCCCOC(=O)c1c(Cl)nc(CCCC)n1Cc1cccc2c1ccn2-c1ccccc1C#N. The summed E-state index contributed by atoms with van der Waals surface area (Å²) in [7, 11) is 0. The molecule has 180 valence electrons. The number of unbranched alkanes of at least 4 members (excludes halogenated alkanes) is 2. The van der Waals surface area contributed by atoms with E-state index in [9.17, 15) is 10.1 Å². The zero-order chi connectivity index (χ0) is 24.8. The standard InChI is InChI=1S/C28H29ClN4O2/c1-3-5-14-25-31-27(29)26(28(34)35-17-6-4-2)33(25)19-21-11-9-13-24-22(21)15-16-32(24)23-12-8-7-10-20(23)18-30/h7-13,15-16H,3-6,14,17,19H2,1-2H3. The van der Waals surface area contributed by atoms with Crippen molar-refractivity contribution in [3.8, 4) is 11.8 Å². The first-order valence-corrected chi connectivity index (χ1v) is 12.5. The molecule has 0 unspecified atom stereocenters. The van der Waals surface area contributed by atoms with Crippen molar-refractivity contribution in [3.63, 3.8) is 0 Å². The van der Waals surface area contributed by atoms with Crippen LogP contribution in [0.5, 0.6) is 0 Å². The van der Waals surface area contributed by atoms with E-state index in [1.807, 2.05) is 63.9 Å². The van der Waals surface area contributed by atoms with Crippen molar-refractivity contribution in [2.24, 2.45) is 0 Å². The molecule has 0 fully saturated rings. The largest absolute Gasteiger partial charge is 0.461 e. The van der Waals surface area contributed by atoms with Gasteiger partial charge < -0.3 is 13.9 Å². The van der Waals surface area contributed by atoms with Crippen LogP contribution in [0.1, 0.15) is 67.0 Å². The molecule has 2 heterocycles. The zero-order valence-electron chi connectivity index (χ0n) is 20.1. The van der Waals surface area contributed by atoms with E-state index in [4.69, 9.17) is 16.3 Å². The second kappa shape index (κ2) is 11.2. The van der Waals surface area contributed by atoms with Crippen LogP contribution in [-0.2, 0) is 17.7 Å². The summed E-state index contributed by atoms with van der Waals surface area (Å²) in [6.45, 7) is 4.98. The third-order valence-corrected chi connectivity index (χ3v) is 6.38. The second-order valence-electron chi connectivity index (χ2n) is 8.51. The molecule has 6 nitrogen and oxygen atoms in total. The van der Waals surface area contributed by atoms with E-state index in [-0.39, 0.29) is 5.15 Å². The lowest BCUT2D eigenvalue weighted by atomic mass is 10.1. The van der Waals surface area contributed by atoms with Gasteiger partial charge in [0.1, 0.15) is 11.9 Å². The number of aryl methyl sites for hydroxylation is 1. The second-order valence-corrected chi connectivity index (χ2v) is 8.87. The third kappa shape index (κ3) is 5.11. The number of imidazole rings is 1. The van der Waals surface area contributed by atoms with Gasteiger partial charge in [0.15, 0.2) is 10.8 Å². The fourth-order valence-electron chi connectivity index (χ4n) is 4.26. The van der Waals surface area contributed by atoms with E-state index in [2.05, 4.69) is 24.9 Å². The van der Waals surface area contributed by atoms with E-state index >= 15 is 0 Å². The van der Waals surface area contributed by atoms with Crippen LogP contribution >= 0.6 is 11.6 Å².